The Kier molecular flexibility index (Phi) is 9.00. The lowest BCUT2D eigenvalue weighted by molar-refractivity contribution is -0.177. The number of aromatic hydroxyl groups is 1. The third kappa shape index (κ3) is 6.65. The van der Waals surface area contributed by atoms with Gasteiger partial charge < -0.3 is 29.4 Å². The smallest absolute Gasteiger partial charge is 0.332 e. The third-order valence-electron chi connectivity index (χ3n) is 7.01. The summed E-state index contributed by atoms with van der Waals surface area (Å²) < 4.78 is 21.9. The van der Waals surface area contributed by atoms with Crippen LogP contribution in [0.25, 0.3) is 0 Å². The maximum absolute atomic E-state index is 13.4. The molecule has 2 fully saturated rings. The number of pyridine rings is 1. The predicted octanol–water partition coefficient (Wildman–Crippen LogP) is 2.34. The van der Waals surface area contributed by atoms with E-state index >= 15 is 0 Å². The van der Waals surface area contributed by atoms with Gasteiger partial charge in [-0.15, -0.1) is 0 Å². The van der Waals surface area contributed by atoms with Gasteiger partial charge in [0.05, 0.1) is 13.0 Å². The molecular weight excluding hydrogens is 508 g/mol. The number of aromatic nitrogens is 1. The number of amides is 1. The van der Waals surface area contributed by atoms with Crippen molar-refractivity contribution in [3.63, 3.8) is 0 Å². The van der Waals surface area contributed by atoms with E-state index in [9.17, 15) is 24.3 Å². The molecule has 0 radical (unpaired) electrons. The highest BCUT2D eigenvalue weighted by atomic mass is 16.6. The van der Waals surface area contributed by atoms with E-state index in [1.807, 2.05) is 30.3 Å². The molecular formula is C28H32N2O9. The van der Waals surface area contributed by atoms with E-state index in [0.717, 1.165) is 18.4 Å². The zero-order valence-corrected chi connectivity index (χ0v) is 21.8. The van der Waals surface area contributed by atoms with Crippen molar-refractivity contribution in [2.45, 2.75) is 57.3 Å². The highest BCUT2D eigenvalue weighted by molar-refractivity contribution is 5.98. The lowest BCUT2D eigenvalue weighted by Gasteiger charge is -2.30. The Morgan fingerprint density at radius 2 is 1.82 bits per heavy atom. The van der Waals surface area contributed by atoms with Crippen LogP contribution < -0.4 is 10.1 Å². The Labute approximate surface area is 225 Å². The van der Waals surface area contributed by atoms with Gasteiger partial charge in [0, 0.05) is 12.3 Å². The number of nitrogens with one attached hydrogen (secondary N) is 1. The maximum atomic E-state index is 13.4. The Hall–Kier alpha value is -4.15. The monoisotopic (exact) mass is 540 g/mol. The molecule has 208 valence electrons. The van der Waals surface area contributed by atoms with Crippen LogP contribution in [0, 0.1) is 11.8 Å². The molecule has 2 aromatic rings. The summed E-state index contributed by atoms with van der Waals surface area (Å²) in [4.78, 5) is 56.1. The second-order valence-electron chi connectivity index (χ2n) is 9.69. The van der Waals surface area contributed by atoms with Crippen molar-refractivity contribution >= 4 is 23.8 Å². The van der Waals surface area contributed by atoms with Gasteiger partial charge in [0.2, 0.25) is 0 Å². The average molecular weight is 541 g/mol. The fraction of sp³-hybridized carbons (Fsp3) is 0.464. The summed E-state index contributed by atoms with van der Waals surface area (Å²) in [6, 6.07) is 9.13. The van der Waals surface area contributed by atoms with E-state index in [-0.39, 0.29) is 23.8 Å². The molecule has 1 amide bonds. The predicted molar refractivity (Wildman–Crippen MR) is 136 cm³/mol. The van der Waals surface area contributed by atoms with Gasteiger partial charge in [0.1, 0.15) is 18.6 Å². The number of esters is 3. The summed E-state index contributed by atoms with van der Waals surface area (Å²) in [6.45, 7) is 1.00. The quantitative estimate of drug-likeness (QED) is 0.396. The van der Waals surface area contributed by atoms with Gasteiger partial charge in [0.25, 0.3) is 5.91 Å². The highest BCUT2D eigenvalue weighted by Gasteiger charge is 2.43. The number of nitrogens with zero attached hydrogens (tertiary/aromatic N) is 1. The number of rotatable bonds is 7. The van der Waals surface area contributed by atoms with Crippen molar-refractivity contribution in [3.05, 3.63) is 53.9 Å². The van der Waals surface area contributed by atoms with Crippen LogP contribution in [0.3, 0.4) is 0 Å². The first-order valence-corrected chi connectivity index (χ1v) is 12.9. The number of methoxy groups -OCH3 is 1. The fourth-order valence-electron chi connectivity index (χ4n) is 4.87. The molecule has 2 aliphatic rings. The molecule has 0 bridgehead atoms. The molecule has 11 nitrogen and oxygen atoms in total. The van der Waals surface area contributed by atoms with Crippen LogP contribution >= 0.6 is 0 Å². The number of hydrogen-bond acceptors (Lipinski definition) is 10. The highest BCUT2D eigenvalue weighted by Crippen LogP contribution is 2.30. The Morgan fingerprint density at radius 1 is 1.10 bits per heavy atom. The maximum Gasteiger partial charge on any atom is 0.332 e. The minimum atomic E-state index is -1.40. The number of ether oxygens (including phenoxy) is 4. The summed E-state index contributed by atoms with van der Waals surface area (Å²) in [5, 5.41) is 12.7. The lowest BCUT2D eigenvalue weighted by atomic mass is 9.91. The average Bonchev–Trinajstić information content (AvgIpc) is 3.48. The van der Waals surface area contributed by atoms with Crippen molar-refractivity contribution in [1.29, 1.82) is 0 Å². The first-order chi connectivity index (χ1) is 18.8. The summed E-state index contributed by atoms with van der Waals surface area (Å²) in [5.74, 6) is -4.66. The largest absolute Gasteiger partial charge is 0.503 e. The molecule has 1 saturated heterocycles. The van der Waals surface area contributed by atoms with E-state index in [4.69, 9.17) is 18.9 Å². The van der Waals surface area contributed by atoms with Crippen molar-refractivity contribution in [2.24, 2.45) is 11.8 Å². The van der Waals surface area contributed by atoms with Crippen LogP contribution in [-0.4, -0.2) is 65.9 Å². The molecule has 2 N–H and O–H groups in total. The zero-order chi connectivity index (χ0) is 27.9. The van der Waals surface area contributed by atoms with E-state index in [1.165, 1.54) is 26.3 Å². The molecule has 4 atom stereocenters. The van der Waals surface area contributed by atoms with Crippen LogP contribution in [0.2, 0.25) is 0 Å². The van der Waals surface area contributed by atoms with Gasteiger partial charge in [-0.3, -0.25) is 14.4 Å². The molecule has 39 heavy (non-hydrogen) atoms. The second kappa shape index (κ2) is 12.6. The topological polar surface area (TPSA) is 150 Å². The van der Waals surface area contributed by atoms with Crippen LogP contribution in [0.5, 0.6) is 11.5 Å². The SMILES string of the molecule is COc1ccnc(C(=O)NC2COC(=O)[C@H](Cc3ccccc3)C(OC(=O)C3CCCC3)[C@H](C)OC2=O)c1O. The molecule has 1 aromatic carbocycles. The van der Waals surface area contributed by atoms with Crippen molar-refractivity contribution in [2.75, 3.05) is 13.7 Å². The first kappa shape index (κ1) is 27.9. The summed E-state index contributed by atoms with van der Waals surface area (Å²) in [6.07, 6.45) is 2.56. The van der Waals surface area contributed by atoms with Gasteiger partial charge in [-0.25, -0.2) is 9.78 Å². The van der Waals surface area contributed by atoms with Crippen LogP contribution in [-0.2, 0) is 35.0 Å². The molecule has 1 aliphatic heterocycles. The summed E-state index contributed by atoms with van der Waals surface area (Å²) >= 11 is 0. The minimum absolute atomic E-state index is 0.0166. The zero-order valence-electron chi connectivity index (χ0n) is 21.8. The summed E-state index contributed by atoms with van der Waals surface area (Å²) in [7, 11) is 1.31. The normalized spacial score (nSPS) is 23.9. The van der Waals surface area contributed by atoms with Gasteiger partial charge in [-0.1, -0.05) is 43.2 Å². The van der Waals surface area contributed by atoms with Gasteiger partial charge >= 0.3 is 17.9 Å². The Balaban J connectivity index is 1.57. The molecule has 11 heteroatoms. The van der Waals surface area contributed by atoms with E-state index < -0.39 is 60.3 Å². The second-order valence-corrected chi connectivity index (χ2v) is 9.69. The van der Waals surface area contributed by atoms with E-state index in [2.05, 4.69) is 10.3 Å². The van der Waals surface area contributed by atoms with E-state index in [1.54, 1.807) is 0 Å². The standard InChI is InChI=1S/C28H32N2O9/c1-16-24(39-26(33)18-10-6-7-11-18)19(14-17-8-4-3-5-9-17)27(34)37-15-20(28(35)38-16)30-25(32)22-23(31)21(36-2)12-13-29-22/h3-5,8-9,12-13,16,18-20,24,31H,6-7,10-11,14-15H2,1-2H3,(H,30,32)/t16-,19+,20?,24?/m0/s1. The molecule has 2 unspecified atom stereocenters. The summed E-state index contributed by atoms with van der Waals surface area (Å²) in [5.41, 5.74) is 0.426. The Morgan fingerprint density at radius 3 is 2.51 bits per heavy atom. The number of hydrogen-bond donors (Lipinski definition) is 2. The van der Waals surface area contributed by atoms with Crippen molar-refractivity contribution in [1.82, 2.24) is 10.3 Å². The molecule has 1 saturated carbocycles. The minimum Gasteiger partial charge on any atom is -0.503 e. The molecule has 1 aliphatic carbocycles. The van der Waals surface area contributed by atoms with Crippen molar-refractivity contribution in [3.8, 4) is 11.5 Å². The van der Waals surface area contributed by atoms with Crippen LogP contribution in [0.15, 0.2) is 42.6 Å². The lowest BCUT2D eigenvalue weighted by Crippen LogP contribution is -2.47. The number of carbonyl (C=O) groups excluding carboxylic acids is 4. The molecule has 1 aromatic heterocycles. The van der Waals surface area contributed by atoms with Crippen LogP contribution in [0.4, 0.5) is 0 Å². The molecule has 0 spiro atoms. The van der Waals surface area contributed by atoms with Crippen LogP contribution in [0.1, 0.15) is 48.7 Å². The van der Waals surface area contributed by atoms with Gasteiger partial charge in [0.15, 0.2) is 29.3 Å². The van der Waals surface area contributed by atoms with Crippen molar-refractivity contribution < 1.29 is 43.2 Å². The fourth-order valence-corrected chi connectivity index (χ4v) is 4.87. The Bertz CT molecular complexity index is 1200. The van der Waals surface area contributed by atoms with Gasteiger partial charge in [-0.05, 0) is 31.7 Å². The van der Waals surface area contributed by atoms with Gasteiger partial charge in [-0.2, -0.15) is 0 Å². The molecule has 2 heterocycles. The third-order valence-corrected chi connectivity index (χ3v) is 7.01. The number of benzene rings is 1. The number of carbonyl (C=O) groups is 4. The first-order valence-electron chi connectivity index (χ1n) is 12.9. The molecule has 4 rings (SSSR count). The van der Waals surface area contributed by atoms with E-state index in [0.29, 0.717) is 12.8 Å². The number of cyclic esters (lactones) is 2.